The molecule has 0 aliphatic carbocycles. The number of rotatable bonds is 2. The van der Waals surface area contributed by atoms with Crippen LogP contribution in [0.4, 0.5) is 0 Å². The molecule has 0 saturated carbocycles. The fourth-order valence-corrected chi connectivity index (χ4v) is 2.03. The average Bonchev–Trinajstić information content (AvgIpc) is 2.06. The summed E-state index contributed by atoms with van der Waals surface area (Å²) in [5.41, 5.74) is 0. The zero-order valence-electron chi connectivity index (χ0n) is 6.44. The van der Waals surface area contributed by atoms with Crippen LogP contribution in [-0.4, -0.2) is 18.8 Å². The lowest BCUT2D eigenvalue weighted by atomic mass is 10.4. The Hall–Kier alpha value is -0.390. The van der Waals surface area contributed by atoms with Crippen LogP contribution < -0.4 is 0 Å². The molecule has 0 N–H and O–H groups in total. The number of benzene rings is 1. The molecule has 12 heavy (non-hydrogen) atoms. The van der Waals surface area contributed by atoms with E-state index in [0.29, 0.717) is 0 Å². The van der Waals surface area contributed by atoms with Gasteiger partial charge < -0.3 is 0 Å². The third kappa shape index (κ3) is 1.85. The first kappa shape index (κ1) is 9.70. The highest BCUT2D eigenvalue weighted by Gasteiger charge is 2.17. The van der Waals surface area contributed by atoms with Gasteiger partial charge in [-0.2, -0.15) is 0 Å². The lowest BCUT2D eigenvalue weighted by molar-refractivity contribution is 0.567. The van der Waals surface area contributed by atoms with E-state index in [1.807, 2.05) is 0 Å². The van der Waals surface area contributed by atoms with Crippen LogP contribution in [0, 0.1) is 0 Å². The van der Waals surface area contributed by atoms with Crippen LogP contribution in [0.3, 0.4) is 0 Å². The molecule has 66 valence electrons. The zero-order valence-corrected chi connectivity index (χ0v) is 8.84. The lowest BCUT2D eigenvalue weighted by Crippen LogP contribution is -2.16. The van der Waals surface area contributed by atoms with Gasteiger partial charge in [-0.3, -0.25) is 0 Å². The molecule has 0 unspecified atom stereocenters. The molecular weight excluding hydrogens is 242 g/mol. The van der Waals surface area contributed by atoms with E-state index in [1.165, 1.54) is 7.05 Å². The average molecular weight is 250 g/mol. The van der Waals surface area contributed by atoms with E-state index in [9.17, 15) is 8.42 Å². The first-order valence-corrected chi connectivity index (χ1v) is 5.40. The number of sulfonamides is 1. The summed E-state index contributed by atoms with van der Waals surface area (Å²) in [6.07, 6.45) is 0. The van der Waals surface area contributed by atoms with E-state index in [0.717, 1.165) is 3.33 Å². The summed E-state index contributed by atoms with van der Waals surface area (Å²) in [6, 6.07) is 8.24. The van der Waals surface area contributed by atoms with Crippen molar-refractivity contribution in [1.29, 1.82) is 0 Å². The van der Waals surface area contributed by atoms with Gasteiger partial charge in [0.15, 0.2) is 0 Å². The summed E-state index contributed by atoms with van der Waals surface area (Å²) in [7, 11) is -1.89. The smallest absolute Gasteiger partial charge is 0.206 e. The van der Waals surface area contributed by atoms with Crippen molar-refractivity contribution in [3.05, 3.63) is 30.3 Å². The fraction of sp³-hybridized carbons (Fsp3) is 0.143. The largest absolute Gasteiger partial charge is 0.252 e. The van der Waals surface area contributed by atoms with Gasteiger partial charge in [0, 0.05) is 23.2 Å². The van der Waals surface area contributed by atoms with Gasteiger partial charge in [0.05, 0.1) is 4.90 Å². The first-order valence-electron chi connectivity index (χ1n) is 3.25. The monoisotopic (exact) mass is 249 g/mol. The van der Waals surface area contributed by atoms with Crippen LogP contribution >= 0.6 is 16.1 Å². The maximum atomic E-state index is 11.4. The molecule has 1 aromatic rings. The van der Waals surface area contributed by atoms with Crippen LogP contribution in [0.5, 0.6) is 0 Å². The van der Waals surface area contributed by atoms with Gasteiger partial charge in [-0.1, -0.05) is 18.2 Å². The summed E-state index contributed by atoms with van der Waals surface area (Å²) < 4.78 is 23.8. The Morgan fingerprint density at radius 1 is 1.25 bits per heavy atom. The minimum Gasteiger partial charge on any atom is -0.206 e. The van der Waals surface area contributed by atoms with Crippen LogP contribution in [0.25, 0.3) is 0 Å². The standard InChI is InChI=1S/C7H8BrNO2S/c1-9(8)12(10,11)7-5-3-2-4-6-7/h2-6H,1H3. The van der Waals surface area contributed by atoms with E-state index >= 15 is 0 Å². The lowest BCUT2D eigenvalue weighted by Gasteiger charge is -2.07. The summed E-state index contributed by atoms with van der Waals surface area (Å²) >= 11 is 2.88. The third-order valence-electron chi connectivity index (χ3n) is 1.37. The van der Waals surface area contributed by atoms with E-state index in [1.54, 1.807) is 30.3 Å². The van der Waals surface area contributed by atoms with Gasteiger partial charge in [-0.05, 0) is 12.1 Å². The highest BCUT2D eigenvalue weighted by Crippen LogP contribution is 2.15. The Bertz CT molecular complexity index is 347. The molecule has 0 aliphatic heterocycles. The molecule has 0 amide bonds. The second kappa shape index (κ2) is 3.55. The zero-order chi connectivity index (χ0) is 9.19. The molecule has 0 saturated heterocycles. The van der Waals surface area contributed by atoms with Crippen LogP contribution in [0.2, 0.25) is 0 Å². The van der Waals surface area contributed by atoms with Crippen molar-refractivity contribution in [2.45, 2.75) is 4.90 Å². The van der Waals surface area contributed by atoms with E-state index in [2.05, 4.69) is 16.1 Å². The second-order valence-corrected chi connectivity index (χ2v) is 5.71. The number of halogens is 1. The van der Waals surface area contributed by atoms with E-state index < -0.39 is 10.0 Å². The predicted octanol–water partition coefficient (Wildman–Crippen LogP) is 1.62. The topological polar surface area (TPSA) is 37.4 Å². The van der Waals surface area contributed by atoms with Crippen molar-refractivity contribution in [2.24, 2.45) is 0 Å². The van der Waals surface area contributed by atoms with Gasteiger partial charge >= 0.3 is 0 Å². The maximum Gasteiger partial charge on any atom is 0.252 e. The number of nitrogens with zero attached hydrogens (tertiary/aromatic N) is 1. The molecule has 0 aliphatic rings. The molecule has 5 heteroatoms. The molecule has 0 fully saturated rings. The van der Waals surface area contributed by atoms with Gasteiger partial charge in [0.1, 0.15) is 0 Å². The summed E-state index contributed by atoms with van der Waals surface area (Å²) in [5, 5.41) is 0. The molecule has 1 aromatic carbocycles. The quantitative estimate of drug-likeness (QED) is 0.748. The van der Waals surface area contributed by atoms with Crippen molar-refractivity contribution >= 4 is 26.2 Å². The van der Waals surface area contributed by atoms with Gasteiger partial charge in [0.2, 0.25) is 0 Å². The van der Waals surface area contributed by atoms with Crippen molar-refractivity contribution < 1.29 is 8.42 Å². The van der Waals surface area contributed by atoms with Gasteiger partial charge in [-0.25, -0.2) is 8.42 Å². The van der Waals surface area contributed by atoms with Crippen LogP contribution in [0.1, 0.15) is 0 Å². The molecule has 0 spiro atoms. The Kier molecular flexibility index (Phi) is 2.87. The number of hydrogen-bond donors (Lipinski definition) is 0. The Morgan fingerprint density at radius 3 is 2.17 bits per heavy atom. The highest BCUT2D eigenvalue weighted by atomic mass is 79.9. The van der Waals surface area contributed by atoms with Crippen molar-refractivity contribution in [1.82, 2.24) is 3.33 Å². The molecule has 3 nitrogen and oxygen atoms in total. The van der Waals surface area contributed by atoms with Crippen LogP contribution in [-0.2, 0) is 10.0 Å². The van der Waals surface area contributed by atoms with Gasteiger partial charge in [-0.15, -0.1) is 3.33 Å². The normalized spacial score (nSPS) is 11.9. The molecule has 0 bridgehead atoms. The minimum atomic E-state index is -3.33. The maximum absolute atomic E-state index is 11.4. The SMILES string of the molecule is CN(Br)S(=O)(=O)c1ccccc1. The predicted molar refractivity (Wildman–Crippen MR) is 50.3 cm³/mol. The van der Waals surface area contributed by atoms with Crippen molar-refractivity contribution in [3.63, 3.8) is 0 Å². The van der Waals surface area contributed by atoms with E-state index in [-0.39, 0.29) is 4.90 Å². The molecule has 0 radical (unpaired) electrons. The molecule has 0 atom stereocenters. The minimum absolute atomic E-state index is 0.282. The Balaban J connectivity index is 3.17. The Morgan fingerprint density at radius 2 is 1.75 bits per heavy atom. The Labute approximate surface area is 80.4 Å². The molecule has 0 aromatic heterocycles. The fourth-order valence-electron chi connectivity index (χ4n) is 0.738. The highest BCUT2D eigenvalue weighted by molar-refractivity contribution is 9.08. The van der Waals surface area contributed by atoms with Gasteiger partial charge in [0.25, 0.3) is 10.0 Å². The summed E-state index contributed by atoms with van der Waals surface area (Å²) in [6.45, 7) is 0. The number of hydrogen-bond acceptors (Lipinski definition) is 2. The summed E-state index contributed by atoms with van der Waals surface area (Å²) in [5.74, 6) is 0. The second-order valence-electron chi connectivity index (χ2n) is 2.21. The van der Waals surface area contributed by atoms with E-state index in [4.69, 9.17) is 0 Å². The van der Waals surface area contributed by atoms with Crippen molar-refractivity contribution in [3.8, 4) is 0 Å². The third-order valence-corrected chi connectivity index (χ3v) is 4.05. The van der Waals surface area contributed by atoms with Crippen LogP contribution in [0.15, 0.2) is 35.2 Å². The molecule has 0 heterocycles. The van der Waals surface area contributed by atoms with Crippen molar-refractivity contribution in [2.75, 3.05) is 7.05 Å². The molecule has 1 rings (SSSR count). The first-order chi connectivity index (χ1) is 5.55. The summed E-state index contributed by atoms with van der Waals surface area (Å²) in [4.78, 5) is 0.282. The molecular formula is C7H8BrNO2S.